The Balaban J connectivity index is 0.000000262. The van der Waals surface area contributed by atoms with E-state index in [0.29, 0.717) is 29.0 Å². The molecule has 0 radical (unpaired) electrons. The molecular formula is C31H42FN5O5. The number of hydrogen-bond donors (Lipinski definition) is 0. The summed E-state index contributed by atoms with van der Waals surface area (Å²) in [5.74, 6) is 0.634. The van der Waals surface area contributed by atoms with Crippen LogP contribution in [0.25, 0.3) is 5.65 Å². The number of fused-ring (bicyclic) bond motifs is 1. The lowest BCUT2D eigenvalue weighted by molar-refractivity contribution is 0.0215. The number of carbonyl (C=O) groups is 2. The van der Waals surface area contributed by atoms with Gasteiger partial charge >= 0.3 is 12.2 Å². The summed E-state index contributed by atoms with van der Waals surface area (Å²) in [6.07, 6.45) is 6.57. The van der Waals surface area contributed by atoms with Gasteiger partial charge in [0.1, 0.15) is 17.0 Å². The van der Waals surface area contributed by atoms with Gasteiger partial charge in [-0.25, -0.2) is 18.9 Å². The zero-order valence-electron chi connectivity index (χ0n) is 25.6. The van der Waals surface area contributed by atoms with E-state index in [0.717, 1.165) is 44.3 Å². The number of nitrogens with zero attached hydrogens (tertiary/aromatic N) is 5. The molecule has 0 bridgehead atoms. The zero-order chi connectivity index (χ0) is 30.7. The predicted octanol–water partition coefficient (Wildman–Crippen LogP) is 7.24. The van der Waals surface area contributed by atoms with Crippen LogP contribution < -0.4 is 9.64 Å². The average Bonchev–Trinajstić information content (AvgIpc) is 3.66. The van der Waals surface area contributed by atoms with Gasteiger partial charge in [0.05, 0.1) is 19.0 Å². The Morgan fingerprint density at radius 3 is 2.21 bits per heavy atom. The van der Waals surface area contributed by atoms with Gasteiger partial charge in [0.15, 0.2) is 11.5 Å². The van der Waals surface area contributed by atoms with Crippen LogP contribution in [0.2, 0.25) is 0 Å². The van der Waals surface area contributed by atoms with Crippen molar-refractivity contribution in [2.75, 3.05) is 25.1 Å². The molecule has 0 spiro atoms. The quantitative estimate of drug-likeness (QED) is 0.319. The van der Waals surface area contributed by atoms with Crippen LogP contribution in [-0.2, 0) is 9.47 Å². The SMILES string of the molecule is CC(C)(C)OC(=O)N1CCCCC1.COc1cc(N(C(=O)OC(C)(C)C)c2cccc(F)c2)n2ncc(C3CC3)c2n1. The summed E-state index contributed by atoms with van der Waals surface area (Å²) in [4.78, 5) is 32.3. The number of amides is 2. The number of rotatable bonds is 4. The van der Waals surface area contributed by atoms with Crippen LogP contribution in [0.3, 0.4) is 0 Å². The molecular weight excluding hydrogens is 541 g/mol. The molecule has 0 unspecified atom stereocenters. The average molecular weight is 584 g/mol. The van der Waals surface area contributed by atoms with Gasteiger partial charge < -0.3 is 19.1 Å². The van der Waals surface area contributed by atoms with Gasteiger partial charge in [-0.05, 0) is 97.8 Å². The Morgan fingerprint density at radius 2 is 1.64 bits per heavy atom. The van der Waals surface area contributed by atoms with Gasteiger partial charge in [-0.3, -0.25) is 0 Å². The number of hydrogen-bond acceptors (Lipinski definition) is 7. The smallest absolute Gasteiger partial charge is 0.420 e. The van der Waals surface area contributed by atoms with E-state index in [-0.39, 0.29) is 11.7 Å². The van der Waals surface area contributed by atoms with Crippen molar-refractivity contribution in [3.63, 3.8) is 0 Å². The number of benzene rings is 1. The molecule has 1 saturated carbocycles. The minimum absolute atomic E-state index is 0.160. The number of piperidine rings is 1. The Hall–Kier alpha value is -3.89. The van der Waals surface area contributed by atoms with E-state index in [1.165, 1.54) is 36.6 Å². The van der Waals surface area contributed by atoms with E-state index in [2.05, 4.69) is 10.1 Å². The first kappa shape index (κ1) is 31.1. The third kappa shape index (κ3) is 8.10. The molecule has 3 aromatic rings. The van der Waals surface area contributed by atoms with Crippen LogP contribution in [-0.4, -0.2) is 63.1 Å². The van der Waals surface area contributed by atoms with Crippen LogP contribution in [0.15, 0.2) is 36.5 Å². The van der Waals surface area contributed by atoms with E-state index >= 15 is 0 Å². The third-order valence-corrected chi connectivity index (χ3v) is 6.56. The molecule has 2 aliphatic rings. The number of halogens is 1. The molecule has 228 valence electrons. The van der Waals surface area contributed by atoms with Crippen LogP contribution >= 0.6 is 0 Å². The highest BCUT2D eigenvalue weighted by atomic mass is 19.1. The lowest BCUT2D eigenvalue weighted by atomic mass is 10.1. The number of likely N-dealkylation sites (tertiary alicyclic amines) is 1. The second-order valence-corrected chi connectivity index (χ2v) is 12.6. The van der Waals surface area contributed by atoms with Gasteiger partial charge in [-0.2, -0.15) is 14.6 Å². The van der Waals surface area contributed by atoms with Crippen molar-refractivity contribution < 1.29 is 28.2 Å². The summed E-state index contributed by atoms with van der Waals surface area (Å²) in [5, 5.41) is 4.46. The lowest BCUT2D eigenvalue weighted by Crippen LogP contribution is -2.39. The zero-order valence-corrected chi connectivity index (χ0v) is 25.6. The first-order valence-corrected chi connectivity index (χ1v) is 14.4. The molecule has 42 heavy (non-hydrogen) atoms. The highest BCUT2D eigenvalue weighted by Crippen LogP contribution is 2.43. The second kappa shape index (κ2) is 12.5. The monoisotopic (exact) mass is 583 g/mol. The van der Waals surface area contributed by atoms with E-state index in [9.17, 15) is 14.0 Å². The Labute approximate surface area is 246 Å². The topological polar surface area (TPSA) is 98.5 Å². The lowest BCUT2D eigenvalue weighted by Gasteiger charge is -2.29. The minimum Gasteiger partial charge on any atom is -0.481 e. The first-order valence-electron chi connectivity index (χ1n) is 14.4. The molecule has 1 aliphatic heterocycles. The van der Waals surface area contributed by atoms with Crippen LogP contribution in [0, 0.1) is 5.82 Å². The van der Waals surface area contributed by atoms with Crippen molar-refractivity contribution in [3.8, 4) is 5.88 Å². The Kier molecular flexibility index (Phi) is 9.27. The van der Waals surface area contributed by atoms with Crippen molar-refractivity contribution in [1.29, 1.82) is 0 Å². The number of methoxy groups -OCH3 is 1. The highest BCUT2D eigenvalue weighted by molar-refractivity contribution is 5.95. The van der Waals surface area contributed by atoms with Crippen LogP contribution in [0.5, 0.6) is 5.88 Å². The molecule has 11 heteroatoms. The molecule has 10 nitrogen and oxygen atoms in total. The summed E-state index contributed by atoms with van der Waals surface area (Å²) in [5.41, 5.74) is 0.842. The number of aromatic nitrogens is 3. The van der Waals surface area contributed by atoms with Crippen LogP contribution in [0.1, 0.15) is 85.1 Å². The van der Waals surface area contributed by atoms with Crippen molar-refractivity contribution >= 4 is 29.3 Å². The maximum Gasteiger partial charge on any atom is 0.420 e. The molecule has 5 rings (SSSR count). The summed E-state index contributed by atoms with van der Waals surface area (Å²) in [7, 11) is 1.51. The summed E-state index contributed by atoms with van der Waals surface area (Å²) in [6.45, 7) is 12.7. The van der Waals surface area contributed by atoms with E-state index in [1.807, 2.05) is 20.8 Å². The van der Waals surface area contributed by atoms with Crippen molar-refractivity contribution in [1.82, 2.24) is 19.5 Å². The number of anilines is 2. The Bertz CT molecular complexity index is 1400. The third-order valence-electron chi connectivity index (χ3n) is 6.56. The van der Waals surface area contributed by atoms with Gasteiger partial charge in [0.2, 0.25) is 5.88 Å². The number of carbonyl (C=O) groups excluding carboxylic acids is 2. The fourth-order valence-electron chi connectivity index (χ4n) is 4.55. The largest absolute Gasteiger partial charge is 0.481 e. The molecule has 3 heterocycles. The number of ether oxygens (including phenoxy) is 3. The maximum atomic E-state index is 14.0. The van der Waals surface area contributed by atoms with Gasteiger partial charge in [-0.1, -0.05) is 6.07 Å². The van der Waals surface area contributed by atoms with Gasteiger partial charge in [0, 0.05) is 24.7 Å². The molecule has 2 amide bonds. The summed E-state index contributed by atoms with van der Waals surface area (Å²) < 4.78 is 31.8. The Morgan fingerprint density at radius 1 is 0.976 bits per heavy atom. The van der Waals surface area contributed by atoms with Gasteiger partial charge in [-0.15, -0.1) is 0 Å². The van der Waals surface area contributed by atoms with Crippen molar-refractivity contribution in [2.45, 2.75) is 90.8 Å². The van der Waals surface area contributed by atoms with Crippen molar-refractivity contribution in [3.05, 3.63) is 47.9 Å². The fraction of sp³-hybridized carbons (Fsp3) is 0.548. The minimum atomic E-state index is -0.734. The van der Waals surface area contributed by atoms with Crippen LogP contribution in [0.4, 0.5) is 25.5 Å². The molecule has 0 N–H and O–H groups in total. The standard InChI is InChI=1S/C21H23FN4O3.C10H19NO2/c1-21(2,3)29-20(27)25(15-7-5-6-14(22)10-15)18-11-17(28-4)24-19-16(13-8-9-13)12-23-26(18)19;1-10(2,3)13-9(12)11-7-5-4-6-8-11/h5-7,10-13H,8-9H2,1-4H3;4-8H2,1-3H3. The van der Waals surface area contributed by atoms with E-state index < -0.39 is 17.5 Å². The van der Waals surface area contributed by atoms with Crippen molar-refractivity contribution in [2.24, 2.45) is 0 Å². The molecule has 1 aliphatic carbocycles. The van der Waals surface area contributed by atoms with Gasteiger partial charge in [0.25, 0.3) is 0 Å². The molecule has 1 aromatic carbocycles. The maximum absolute atomic E-state index is 14.0. The second-order valence-electron chi connectivity index (χ2n) is 12.6. The van der Waals surface area contributed by atoms with E-state index in [1.54, 1.807) is 48.5 Å². The summed E-state index contributed by atoms with van der Waals surface area (Å²) in [6, 6.07) is 7.35. The molecule has 2 aromatic heterocycles. The normalized spacial score (nSPS) is 15.5. The first-order chi connectivity index (χ1) is 19.8. The molecule has 2 fully saturated rings. The molecule has 0 atom stereocenters. The molecule has 1 saturated heterocycles. The fourth-order valence-corrected chi connectivity index (χ4v) is 4.55. The predicted molar refractivity (Wildman–Crippen MR) is 158 cm³/mol. The summed E-state index contributed by atoms with van der Waals surface area (Å²) >= 11 is 0. The van der Waals surface area contributed by atoms with E-state index in [4.69, 9.17) is 14.2 Å². The highest BCUT2D eigenvalue weighted by Gasteiger charge is 2.32.